The standard InChI is InChI=1S/C18H26F2N2O2/c1-11(2)17(15-7-6-14(19)9-16(15)20)21-18(24)22-8-4-5-13(10-22)12(3)23/h6-7,9,11-13,17,23H,4-5,8,10H2,1-3H3,(H,21,24). The Morgan fingerprint density at radius 1 is 1.33 bits per heavy atom. The summed E-state index contributed by atoms with van der Waals surface area (Å²) in [6, 6.07) is 2.60. The number of carbonyl (C=O) groups excluding carboxylic acids is 1. The zero-order chi connectivity index (χ0) is 17.9. The van der Waals surface area contributed by atoms with Crippen molar-refractivity contribution in [2.45, 2.75) is 45.8 Å². The van der Waals surface area contributed by atoms with Crippen molar-refractivity contribution in [2.75, 3.05) is 13.1 Å². The van der Waals surface area contributed by atoms with Crippen molar-refractivity contribution in [3.63, 3.8) is 0 Å². The van der Waals surface area contributed by atoms with Crippen LogP contribution in [0.2, 0.25) is 0 Å². The molecule has 1 heterocycles. The number of benzene rings is 1. The first-order valence-corrected chi connectivity index (χ1v) is 8.48. The van der Waals surface area contributed by atoms with Crippen LogP contribution in [0.1, 0.15) is 45.2 Å². The van der Waals surface area contributed by atoms with Crippen LogP contribution in [-0.4, -0.2) is 35.2 Å². The quantitative estimate of drug-likeness (QED) is 0.882. The predicted octanol–water partition coefficient (Wildman–Crippen LogP) is 3.46. The summed E-state index contributed by atoms with van der Waals surface area (Å²) in [4.78, 5) is 14.2. The molecule has 2 amide bonds. The highest BCUT2D eigenvalue weighted by Gasteiger charge is 2.29. The maximum atomic E-state index is 14.1. The second kappa shape index (κ2) is 7.92. The van der Waals surface area contributed by atoms with E-state index in [-0.39, 0.29) is 23.4 Å². The number of amides is 2. The molecule has 1 aromatic rings. The number of nitrogens with zero attached hydrogens (tertiary/aromatic N) is 1. The molecule has 24 heavy (non-hydrogen) atoms. The molecule has 4 nitrogen and oxygen atoms in total. The van der Waals surface area contributed by atoms with Crippen LogP contribution in [0.15, 0.2) is 18.2 Å². The SMILES string of the molecule is CC(C)C(NC(=O)N1CCCC(C(C)O)C1)c1ccc(F)cc1F. The van der Waals surface area contributed by atoms with Crippen LogP contribution in [-0.2, 0) is 0 Å². The number of rotatable bonds is 4. The molecule has 2 rings (SSSR count). The smallest absolute Gasteiger partial charge is 0.317 e. The number of carbonyl (C=O) groups is 1. The number of urea groups is 1. The van der Waals surface area contributed by atoms with E-state index in [1.54, 1.807) is 11.8 Å². The normalized spacial score (nSPS) is 20.8. The Morgan fingerprint density at radius 2 is 2.04 bits per heavy atom. The summed E-state index contributed by atoms with van der Waals surface area (Å²) >= 11 is 0. The van der Waals surface area contributed by atoms with Gasteiger partial charge in [0.25, 0.3) is 0 Å². The third-order valence-electron chi connectivity index (χ3n) is 4.67. The molecule has 1 aromatic carbocycles. The van der Waals surface area contributed by atoms with Crippen LogP contribution in [0.4, 0.5) is 13.6 Å². The number of aliphatic hydroxyl groups is 1. The molecule has 0 radical (unpaired) electrons. The third kappa shape index (κ3) is 4.44. The highest BCUT2D eigenvalue weighted by Crippen LogP contribution is 2.26. The van der Waals surface area contributed by atoms with Crippen molar-refractivity contribution in [1.29, 1.82) is 0 Å². The summed E-state index contributed by atoms with van der Waals surface area (Å²) in [6.45, 7) is 6.59. The van der Waals surface area contributed by atoms with Gasteiger partial charge in [-0.15, -0.1) is 0 Å². The lowest BCUT2D eigenvalue weighted by atomic mass is 9.93. The van der Waals surface area contributed by atoms with Gasteiger partial charge in [0, 0.05) is 30.6 Å². The molecule has 2 N–H and O–H groups in total. The van der Waals surface area contributed by atoms with E-state index < -0.39 is 23.8 Å². The number of hydrogen-bond donors (Lipinski definition) is 2. The van der Waals surface area contributed by atoms with Crippen LogP contribution < -0.4 is 5.32 Å². The largest absolute Gasteiger partial charge is 0.393 e. The summed E-state index contributed by atoms with van der Waals surface area (Å²) < 4.78 is 27.2. The van der Waals surface area contributed by atoms with Gasteiger partial charge in [-0.2, -0.15) is 0 Å². The fourth-order valence-corrected chi connectivity index (χ4v) is 3.17. The number of nitrogens with one attached hydrogen (secondary N) is 1. The van der Waals surface area contributed by atoms with Crippen molar-refractivity contribution in [1.82, 2.24) is 10.2 Å². The van der Waals surface area contributed by atoms with Gasteiger partial charge in [0.15, 0.2) is 0 Å². The van der Waals surface area contributed by atoms with E-state index in [1.807, 2.05) is 13.8 Å². The molecule has 1 saturated heterocycles. The van der Waals surface area contributed by atoms with Gasteiger partial charge in [0.2, 0.25) is 0 Å². The van der Waals surface area contributed by atoms with E-state index >= 15 is 0 Å². The Morgan fingerprint density at radius 3 is 2.62 bits per heavy atom. The first kappa shape index (κ1) is 18.6. The second-order valence-electron chi connectivity index (χ2n) is 6.93. The average molecular weight is 340 g/mol. The van der Waals surface area contributed by atoms with Crippen molar-refractivity contribution in [3.05, 3.63) is 35.4 Å². The van der Waals surface area contributed by atoms with Crippen LogP contribution >= 0.6 is 0 Å². The second-order valence-corrected chi connectivity index (χ2v) is 6.93. The first-order chi connectivity index (χ1) is 11.3. The van der Waals surface area contributed by atoms with Crippen molar-refractivity contribution in [2.24, 2.45) is 11.8 Å². The van der Waals surface area contributed by atoms with Gasteiger partial charge in [-0.3, -0.25) is 0 Å². The molecule has 1 aliphatic rings. The van der Waals surface area contributed by atoms with Crippen LogP contribution in [0, 0.1) is 23.5 Å². The summed E-state index contributed by atoms with van der Waals surface area (Å²) in [6.07, 6.45) is 1.26. The van der Waals surface area contributed by atoms with Gasteiger partial charge >= 0.3 is 6.03 Å². The van der Waals surface area contributed by atoms with E-state index in [0.717, 1.165) is 18.9 Å². The number of piperidine rings is 1. The molecule has 6 heteroatoms. The zero-order valence-electron chi connectivity index (χ0n) is 14.4. The van der Waals surface area contributed by atoms with Gasteiger partial charge in [-0.25, -0.2) is 13.6 Å². The van der Waals surface area contributed by atoms with Gasteiger partial charge in [-0.1, -0.05) is 19.9 Å². The lowest BCUT2D eigenvalue weighted by Crippen LogP contribution is -2.49. The van der Waals surface area contributed by atoms with Gasteiger partial charge in [0.1, 0.15) is 11.6 Å². The molecular weight excluding hydrogens is 314 g/mol. The molecule has 134 valence electrons. The van der Waals surface area contributed by atoms with Crippen LogP contribution in [0.25, 0.3) is 0 Å². The minimum atomic E-state index is -0.658. The predicted molar refractivity (Wildman–Crippen MR) is 88.4 cm³/mol. The molecule has 1 fully saturated rings. The molecule has 3 atom stereocenters. The van der Waals surface area contributed by atoms with E-state index in [1.165, 1.54) is 12.1 Å². The summed E-state index contributed by atoms with van der Waals surface area (Å²) in [7, 11) is 0. The fraction of sp³-hybridized carbons (Fsp3) is 0.611. The lowest BCUT2D eigenvalue weighted by Gasteiger charge is -2.35. The van der Waals surface area contributed by atoms with E-state index in [4.69, 9.17) is 0 Å². The van der Waals surface area contributed by atoms with Crippen LogP contribution in [0.5, 0.6) is 0 Å². The zero-order valence-corrected chi connectivity index (χ0v) is 14.4. The van der Waals surface area contributed by atoms with Crippen LogP contribution in [0.3, 0.4) is 0 Å². The van der Waals surface area contributed by atoms with Gasteiger partial charge in [0.05, 0.1) is 12.1 Å². The Kier molecular flexibility index (Phi) is 6.15. The van der Waals surface area contributed by atoms with Crippen molar-refractivity contribution < 1.29 is 18.7 Å². The molecule has 3 unspecified atom stereocenters. The molecule has 1 aliphatic heterocycles. The maximum Gasteiger partial charge on any atom is 0.317 e. The summed E-state index contributed by atoms with van der Waals surface area (Å²) in [5.74, 6) is -1.29. The van der Waals surface area contributed by atoms with Gasteiger partial charge in [-0.05, 0) is 31.7 Å². The highest BCUT2D eigenvalue weighted by atomic mass is 19.1. The Hall–Kier alpha value is -1.69. The Balaban J connectivity index is 2.11. The molecule has 0 spiro atoms. The molecule has 0 bridgehead atoms. The van der Waals surface area contributed by atoms with Crippen molar-refractivity contribution in [3.8, 4) is 0 Å². The van der Waals surface area contributed by atoms with Crippen molar-refractivity contribution >= 4 is 6.03 Å². The van der Waals surface area contributed by atoms with E-state index in [2.05, 4.69) is 5.32 Å². The number of halogens is 2. The maximum absolute atomic E-state index is 14.1. The first-order valence-electron chi connectivity index (χ1n) is 8.48. The monoisotopic (exact) mass is 340 g/mol. The highest BCUT2D eigenvalue weighted by molar-refractivity contribution is 5.75. The Bertz CT molecular complexity index is 578. The lowest BCUT2D eigenvalue weighted by molar-refractivity contribution is 0.0728. The third-order valence-corrected chi connectivity index (χ3v) is 4.67. The average Bonchev–Trinajstić information content (AvgIpc) is 2.53. The number of likely N-dealkylation sites (tertiary alicyclic amines) is 1. The minimum Gasteiger partial charge on any atom is -0.393 e. The summed E-state index contributed by atoms with van der Waals surface area (Å²) in [5.41, 5.74) is 0.281. The Labute approximate surface area is 141 Å². The van der Waals surface area contributed by atoms with Gasteiger partial charge < -0.3 is 15.3 Å². The molecule has 0 aromatic heterocycles. The molecule has 0 aliphatic carbocycles. The summed E-state index contributed by atoms with van der Waals surface area (Å²) in [5, 5.41) is 12.6. The topological polar surface area (TPSA) is 52.6 Å². The number of hydrogen-bond acceptors (Lipinski definition) is 2. The number of aliphatic hydroxyl groups excluding tert-OH is 1. The van der Waals surface area contributed by atoms with E-state index in [0.29, 0.717) is 13.1 Å². The fourth-order valence-electron chi connectivity index (χ4n) is 3.17. The minimum absolute atomic E-state index is 0.0498. The molecule has 0 saturated carbocycles. The molecular formula is C18H26F2N2O2. The van der Waals surface area contributed by atoms with E-state index in [9.17, 15) is 18.7 Å².